The summed E-state index contributed by atoms with van der Waals surface area (Å²) in [5.74, 6) is -0.656. The number of aromatic amines is 1. The summed E-state index contributed by atoms with van der Waals surface area (Å²) in [5, 5.41) is 14.9. The number of likely N-dealkylation sites (N-methyl/N-ethyl adjacent to an activating group) is 1. The van der Waals surface area contributed by atoms with Crippen LogP contribution in [0.3, 0.4) is 0 Å². The SMILES string of the molecule is COC(=O)c1cc2[nH]c(O)c(C(=Nc3ccc(C(=O)NCC4(N(C)C)CCOCC4)cc3)c3ccccc3)c2cc1C. The molecule has 0 radical (unpaired) electrons. The number of hydrogen-bond donors (Lipinski definition) is 3. The van der Waals surface area contributed by atoms with Gasteiger partial charge in [0.1, 0.15) is 0 Å². The monoisotopic (exact) mass is 568 g/mol. The van der Waals surface area contributed by atoms with Crippen molar-refractivity contribution < 1.29 is 24.2 Å². The molecule has 0 spiro atoms. The van der Waals surface area contributed by atoms with Crippen molar-refractivity contribution in [1.29, 1.82) is 0 Å². The molecule has 1 aliphatic rings. The second-order valence-corrected chi connectivity index (χ2v) is 10.8. The summed E-state index contributed by atoms with van der Waals surface area (Å²) in [4.78, 5) is 35.4. The number of fused-ring (bicyclic) bond motifs is 1. The Balaban J connectivity index is 1.47. The zero-order valence-corrected chi connectivity index (χ0v) is 24.4. The van der Waals surface area contributed by atoms with E-state index in [1.807, 2.05) is 57.4 Å². The number of nitrogens with one attached hydrogen (secondary N) is 2. The summed E-state index contributed by atoms with van der Waals surface area (Å²) in [6.45, 7) is 3.73. The van der Waals surface area contributed by atoms with Crippen molar-refractivity contribution in [3.05, 3.63) is 94.5 Å². The maximum atomic E-state index is 13.0. The lowest BCUT2D eigenvalue weighted by Crippen LogP contribution is -2.55. The number of nitrogens with zero attached hydrogens (tertiary/aromatic N) is 2. The predicted octanol–water partition coefficient (Wildman–Crippen LogP) is 4.98. The first-order valence-corrected chi connectivity index (χ1v) is 13.9. The molecule has 42 heavy (non-hydrogen) atoms. The van der Waals surface area contributed by atoms with E-state index in [1.165, 1.54) is 7.11 Å². The Morgan fingerprint density at radius 1 is 1.05 bits per heavy atom. The Morgan fingerprint density at radius 3 is 2.38 bits per heavy atom. The van der Waals surface area contributed by atoms with Crippen LogP contribution in [0.4, 0.5) is 5.69 Å². The van der Waals surface area contributed by atoms with Gasteiger partial charge >= 0.3 is 5.97 Å². The molecule has 0 bridgehead atoms. The molecule has 0 atom stereocenters. The van der Waals surface area contributed by atoms with E-state index in [0.29, 0.717) is 58.9 Å². The predicted molar refractivity (Wildman–Crippen MR) is 163 cm³/mol. The molecule has 4 aromatic rings. The zero-order chi connectivity index (χ0) is 29.9. The smallest absolute Gasteiger partial charge is 0.338 e. The third-order valence-electron chi connectivity index (χ3n) is 8.13. The fourth-order valence-corrected chi connectivity index (χ4v) is 5.46. The number of rotatable bonds is 8. The van der Waals surface area contributed by atoms with Gasteiger partial charge < -0.3 is 29.8 Å². The minimum Gasteiger partial charge on any atom is -0.494 e. The first-order chi connectivity index (χ1) is 20.2. The Labute approximate surface area is 245 Å². The molecule has 2 heterocycles. The second kappa shape index (κ2) is 12.2. The molecule has 0 unspecified atom stereocenters. The largest absolute Gasteiger partial charge is 0.494 e. The van der Waals surface area contributed by atoms with Crippen LogP contribution in [-0.2, 0) is 9.47 Å². The number of amides is 1. The van der Waals surface area contributed by atoms with E-state index in [0.717, 1.165) is 23.8 Å². The van der Waals surface area contributed by atoms with Crippen LogP contribution in [0.15, 0.2) is 71.7 Å². The summed E-state index contributed by atoms with van der Waals surface area (Å²) in [6, 6.07) is 20.2. The van der Waals surface area contributed by atoms with Crippen LogP contribution in [0, 0.1) is 6.92 Å². The molecule has 9 heteroatoms. The number of benzene rings is 3. The highest BCUT2D eigenvalue weighted by atomic mass is 16.5. The molecule has 3 aromatic carbocycles. The van der Waals surface area contributed by atoms with Gasteiger partial charge in [0.15, 0.2) is 5.88 Å². The molecule has 1 fully saturated rings. The Bertz CT molecular complexity index is 1620. The molecule has 0 aliphatic carbocycles. The molecule has 1 saturated heterocycles. The van der Waals surface area contributed by atoms with Crippen LogP contribution in [0.1, 0.15) is 50.2 Å². The van der Waals surface area contributed by atoms with Crippen molar-refractivity contribution in [1.82, 2.24) is 15.2 Å². The van der Waals surface area contributed by atoms with Gasteiger partial charge in [0.2, 0.25) is 0 Å². The number of hydrogen-bond acceptors (Lipinski definition) is 7. The molecule has 1 amide bonds. The quantitative estimate of drug-likeness (QED) is 0.204. The normalized spacial score (nSPS) is 15.1. The fourth-order valence-electron chi connectivity index (χ4n) is 5.46. The van der Waals surface area contributed by atoms with Gasteiger partial charge in [-0.15, -0.1) is 0 Å². The lowest BCUT2D eigenvalue weighted by Gasteiger charge is -2.42. The first-order valence-electron chi connectivity index (χ1n) is 13.9. The third kappa shape index (κ3) is 5.79. The van der Waals surface area contributed by atoms with Crippen LogP contribution >= 0.6 is 0 Å². The van der Waals surface area contributed by atoms with E-state index in [4.69, 9.17) is 14.5 Å². The topological polar surface area (TPSA) is 116 Å². The van der Waals surface area contributed by atoms with Gasteiger partial charge in [0.25, 0.3) is 5.91 Å². The average Bonchev–Trinajstić information content (AvgIpc) is 3.33. The third-order valence-corrected chi connectivity index (χ3v) is 8.13. The van der Waals surface area contributed by atoms with E-state index in [9.17, 15) is 14.7 Å². The molecule has 218 valence electrons. The highest BCUT2D eigenvalue weighted by Gasteiger charge is 2.35. The van der Waals surface area contributed by atoms with Crippen molar-refractivity contribution in [2.75, 3.05) is 41.0 Å². The van der Waals surface area contributed by atoms with Gasteiger partial charge in [0, 0.05) is 47.3 Å². The number of aliphatic imine (C=N–C) groups is 1. The number of aryl methyl sites for hydroxylation is 1. The van der Waals surface area contributed by atoms with E-state index in [-0.39, 0.29) is 17.3 Å². The second-order valence-electron chi connectivity index (χ2n) is 10.8. The van der Waals surface area contributed by atoms with E-state index < -0.39 is 5.97 Å². The molecular formula is C33H36N4O5. The fraction of sp³-hybridized carbons (Fsp3) is 0.303. The summed E-state index contributed by atoms with van der Waals surface area (Å²) in [6.07, 6.45) is 1.72. The maximum Gasteiger partial charge on any atom is 0.338 e. The lowest BCUT2D eigenvalue weighted by atomic mass is 9.88. The van der Waals surface area contributed by atoms with E-state index >= 15 is 0 Å². The number of H-pyrrole nitrogens is 1. The summed E-state index contributed by atoms with van der Waals surface area (Å²) < 4.78 is 10.4. The van der Waals surface area contributed by atoms with Crippen molar-refractivity contribution in [2.45, 2.75) is 25.3 Å². The summed E-state index contributed by atoms with van der Waals surface area (Å²) in [7, 11) is 5.42. The standard InChI is InChI=1S/C33H36N4O5/c1-21-18-26-27(19-25(21)32(40)41-4)36-31(39)28(26)29(22-8-6-5-7-9-22)35-24-12-10-23(11-13-24)30(38)34-20-33(37(2)3)14-16-42-17-15-33/h5-13,18-19,36,39H,14-17,20H2,1-4H3,(H,34,38). The van der Waals surface area contributed by atoms with Crippen molar-refractivity contribution in [3.63, 3.8) is 0 Å². The van der Waals surface area contributed by atoms with Gasteiger partial charge in [0.05, 0.1) is 29.6 Å². The minimum atomic E-state index is -0.448. The number of ether oxygens (including phenoxy) is 2. The van der Waals surface area contributed by atoms with Crippen molar-refractivity contribution in [3.8, 4) is 5.88 Å². The zero-order valence-electron chi connectivity index (χ0n) is 24.4. The van der Waals surface area contributed by atoms with Crippen LogP contribution in [0.25, 0.3) is 10.9 Å². The number of aromatic nitrogens is 1. The lowest BCUT2D eigenvalue weighted by molar-refractivity contribution is -0.00658. The maximum absolute atomic E-state index is 13.0. The summed E-state index contributed by atoms with van der Waals surface area (Å²) in [5.41, 5.74) is 4.62. The molecule has 3 N–H and O–H groups in total. The number of esters is 1. The first kappa shape index (κ1) is 29.0. The average molecular weight is 569 g/mol. The van der Waals surface area contributed by atoms with E-state index in [2.05, 4.69) is 15.2 Å². The van der Waals surface area contributed by atoms with Gasteiger partial charge in [-0.05, 0) is 75.8 Å². The Kier molecular flexibility index (Phi) is 8.42. The van der Waals surface area contributed by atoms with Crippen molar-refractivity contribution in [2.24, 2.45) is 4.99 Å². The molecule has 1 aliphatic heterocycles. The number of carbonyl (C=O) groups excluding carboxylic acids is 2. The van der Waals surface area contributed by atoms with Gasteiger partial charge in [-0.3, -0.25) is 4.79 Å². The van der Waals surface area contributed by atoms with Crippen LogP contribution < -0.4 is 5.32 Å². The van der Waals surface area contributed by atoms with E-state index in [1.54, 1.807) is 30.3 Å². The van der Waals surface area contributed by atoms with Crippen molar-refractivity contribution >= 4 is 34.2 Å². The highest BCUT2D eigenvalue weighted by molar-refractivity contribution is 6.22. The Morgan fingerprint density at radius 2 is 1.74 bits per heavy atom. The van der Waals surface area contributed by atoms with Crippen LogP contribution in [0.5, 0.6) is 5.88 Å². The molecule has 5 rings (SSSR count). The Hall–Kier alpha value is -4.47. The van der Waals surface area contributed by atoms with Gasteiger partial charge in [-0.25, -0.2) is 9.79 Å². The van der Waals surface area contributed by atoms with Crippen LogP contribution in [0.2, 0.25) is 0 Å². The summed E-state index contributed by atoms with van der Waals surface area (Å²) >= 11 is 0. The number of aromatic hydroxyl groups is 1. The molecular weight excluding hydrogens is 532 g/mol. The molecule has 0 saturated carbocycles. The minimum absolute atomic E-state index is 0.0621. The van der Waals surface area contributed by atoms with Gasteiger partial charge in [-0.1, -0.05) is 30.3 Å². The van der Waals surface area contributed by atoms with Crippen LogP contribution in [-0.4, -0.2) is 79.1 Å². The molecule has 1 aromatic heterocycles. The van der Waals surface area contributed by atoms with Gasteiger partial charge in [-0.2, -0.15) is 0 Å². The number of methoxy groups -OCH3 is 1. The highest BCUT2D eigenvalue weighted by Crippen LogP contribution is 2.33. The number of carbonyl (C=O) groups is 2. The molecule has 9 nitrogen and oxygen atoms in total.